The van der Waals surface area contributed by atoms with Crippen LogP contribution in [0.1, 0.15) is 10.4 Å². The summed E-state index contributed by atoms with van der Waals surface area (Å²) in [7, 11) is 1.43. The van der Waals surface area contributed by atoms with E-state index in [2.05, 4.69) is 0 Å². The first kappa shape index (κ1) is 9.86. The molecule has 0 saturated heterocycles. The Morgan fingerprint density at radius 3 is 2.93 bits per heavy atom. The summed E-state index contributed by atoms with van der Waals surface area (Å²) in [6.07, 6.45) is 3.32. The van der Waals surface area contributed by atoms with E-state index >= 15 is 0 Å². The van der Waals surface area contributed by atoms with Crippen molar-refractivity contribution in [3.63, 3.8) is 0 Å². The summed E-state index contributed by atoms with van der Waals surface area (Å²) < 4.78 is 6.79. The molecule has 0 unspecified atom stereocenters. The number of hydrogen-bond donors (Lipinski definition) is 1. The van der Waals surface area contributed by atoms with Crippen LogP contribution in [0.25, 0.3) is 5.52 Å². The first-order chi connectivity index (χ1) is 7.13. The molecule has 2 aromatic heterocycles. The van der Waals surface area contributed by atoms with Crippen LogP contribution in [0.4, 0.5) is 0 Å². The van der Waals surface area contributed by atoms with E-state index in [1.165, 1.54) is 13.2 Å². The van der Waals surface area contributed by atoms with E-state index in [-0.39, 0.29) is 5.56 Å². The fourth-order valence-electron chi connectivity index (χ4n) is 1.50. The predicted octanol–water partition coefficient (Wildman–Crippen LogP) is 2.30. The number of halogens is 1. The third-order valence-corrected chi connectivity index (χ3v) is 2.34. The molecule has 0 saturated carbocycles. The molecule has 0 aliphatic carbocycles. The normalized spacial score (nSPS) is 10.5. The summed E-state index contributed by atoms with van der Waals surface area (Å²) in [4.78, 5) is 10.9. The predicted molar refractivity (Wildman–Crippen MR) is 55.9 cm³/mol. The minimum Gasteiger partial charge on any atom is -0.494 e. The summed E-state index contributed by atoms with van der Waals surface area (Å²) in [6, 6.07) is 3.14. The first-order valence-electron chi connectivity index (χ1n) is 4.21. The summed E-state index contributed by atoms with van der Waals surface area (Å²) in [5, 5.41) is 9.48. The maximum atomic E-state index is 10.9. The molecule has 2 rings (SSSR count). The Bertz CT molecular complexity index is 533. The molecule has 5 heteroatoms. The molecule has 4 nitrogen and oxygen atoms in total. The molecular formula is C10H8ClNO3. The van der Waals surface area contributed by atoms with Gasteiger partial charge >= 0.3 is 5.97 Å². The lowest BCUT2D eigenvalue weighted by molar-refractivity contribution is 0.0693. The van der Waals surface area contributed by atoms with E-state index in [9.17, 15) is 4.79 Å². The molecule has 0 aliphatic heterocycles. The molecule has 0 spiro atoms. The third kappa shape index (κ3) is 1.53. The first-order valence-corrected chi connectivity index (χ1v) is 4.59. The maximum absolute atomic E-state index is 10.9. The number of pyridine rings is 1. The SMILES string of the molecule is COc1c(C(=O)O)ccn2cc(Cl)cc12. The number of carbonyl (C=O) groups is 1. The van der Waals surface area contributed by atoms with Crippen LogP contribution in [0.2, 0.25) is 5.02 Å². The topological polar surface area (TPSA) is 50.9 Å². The Balaban J connectivity index is 2.80. The van der Waals surface area contributed by atoms with Crippen LogP contribution in [0.5, 0.6) is 5.75 Å². The smallest absolute Gasteiger partial charge is 0.339 e. The molecule has 0 bridgehead atoms. The van der Waals surface area contributed by atoms with Gasteiger partial charge in [0.25, 0.3) is 0 Å². The van der Waals surface area contributed by atoms with Crippen LogP contribution in [-0.2, 0) is 0 Å². The van der Waals surface area contributed by atoms with Gasteiger partial charge in [-0.15, -0.1) is 0 Å². The molecule has 1 N–H and O–H groups in total. The van der Waals surface area contributed by atoms with Gasteiger partial charge in [0.05, 0.1) is 17.6 Å². The highest BCUT2D eigenvalue weighted by molar-refractivity contribution is 6.31. The summed E-state index contributed by atoms with van der Waals surface area (Å²) >= 11 is 5.82. The van der Waals surface area contributed by atoms with Gasteiger partial charge in [0.15, 0.2) is 5.75 Å². The van der Waals surface area contributed by atoms with Gasteiger partial charge in [0.1, 0.15) is 5.56 Å². The van der Waals surface area contributed by atoms with Crippen molar-refractivity contribution in [2.75, 3.05) is 7.11 Å². The molecular weight excluding hydrogens is 218 g/mol. The highest BCUT2D eigenvalue weighted by Crippen LogP contribution is 2.28. The molecule has 0 aromatic carbocycles. The second-order valence-electron chi connectivity index (χ2n) is 3.02. The van der Waals surface area contributed by atoms with Crippen molar-refractivity contribution in [1.29, 1.82) is 0 Å². The Labute approximate surface area is 90.7 Å². The van der Waals surface area contributed by atoms with Gasteiger partial charge in [0, 0.05) is 12.4 Å². The minimum atomic E-state index is -1.02. The van der Waals surface area contributed by atoms with E-state index in [4.69, 9.17) is 21.4 Å². The lowest BCUT2D eigenvalue weighted by Crippen LogP contribution is -2.02. The van der Waals surface area contributed by atoms with Crippen molar-refractivity contribution in [2.24, 2.45) is 0 Å². The number of rotatable bonds is 2. The number of carboxylic acids is 1. The number of hydrogen-bond acceptors (Lipinski definition) is 2. The van der Waals surface area contributed by atoms with Crippen LogP contribution < -0.4 is 4.74 Å². The number of ether oxygens (including phenoxy) is 1. The second kappa shape index (κ2) is 3.47. The van der Waals surface area contributed by atoms with Gasteiger partial charge in [-0.3, -0.25) is 0 Å². The van der Waals surface area contributed by atoms with E-state index in [0.29, 0.717) is 16.3 Å². The number of carboxylic acid groups (broad SMARTS) is 1. The molecule has 15 heavy (non-hydrogen) atoms. The fourth-order valence-corrected chi connectivity index (χ4v) is 1.71. The van der Waals surface area contributed by atoms with Crippen LogP contribution in [0, 0.1) is 0 Å². The van der Waals surface area contributed by atoms with Crippen molar-refractivity contribution in [2.45, 2.75) is 0 Å². The second-order valence-corrected chi connectivity index (χ2v) is 3.46. The van der Waals surface area contributed by atoms with Crippen molar-refractivity contribution < 1.29 is 14.6 Å². The maximum Gasteiger partial charge on any atom is 0.339 e. The Morgan fingerprint density at radius 1 is 1.60 bits per heavy atom. The van der Waals surface area contributed by atoms with Gasteiger partial charge in [0.2, 0.25) is 0 Å². The van der Waals surface area contributed by atoms with Crippen molar-refractivity contribution in [3.05, 3.63) is 35.1 Å². The highest BCUT2D eigenvalue weighted by Gasteiger charge is 2.14. The standard InChI is InChI=1S/C10H8ClNO3/c1-15-9-7(10(13)14)2-3-12-5-6(11)4-8(9)12/h2-5H,1H3,(H,13,14). The van der Waals surface area contributed by atoms with Gasteiger partial charge in [-0.05, 0) is 12.1 Å². The third-order valence-electron chi connectivity index (χ3n) is 2.13. The zero-order valence-corrected chi connectivity index (χ0v) is 8.65. The molecule has 0 amide bonds. The van der Waals surface area contributed by atoms with E-state index in [0.717, 1.165) is 0 Å². The number of methoxy groups -OCH3 is 1. The van der Waals surface area contributed by atoms with Gasteiger partial charge in [-0.2, -0.15) is 0 Å². The molecule has 0 atom stereocenters. The molecule has 2 heterocycles. The van der Waals surface area contributed by atoms with E-state index < -0.39 is 5.97 Å². The van der Waals surface area contributed by atoms with Crippen molar-refractivity contribution in [3.8, 4) is 5.75 Å². The van der Waals surface area contributed by atoms with Gasteiger partial charge in [-0.1, -0.05) is 11.6 Å². The number of aromatic carboxylic acids is 1. The Morgan fingerprint density at radius 2 is 2.33 bits per heavy atom. The number of fused-ring (bicyclic) bond motifs is 1. The lowest BCUT2D eigenvalue weighted by Gasteiger charge is -2.06. The average molecular weight is 226 g/mol. The summed E-state index contributed by atoms with van der Waals surface area (Å²) in [5.74, 6) is -0.705. The average Bonchev–Trinajstić information content (AvgIpc) is 2.55. The van der Waals surface area contributed by atoms with Crippen LogP contribution >= 0.6 is 11.6 Å². The quantitative estimate of drug-likeness (QED) is 0.853. The van der Waals surface area contributed by atoms with Gasteiger partial charge < -0.3 is 14.2 Å². The fraction of sp³-hybridized carbons (Fsp3) is 0.100. The van der Waals surface area contributed by atoms with E-state index in [1.54, 1.807) is 22.9 Å². The van der Waals surface area contributed by atoms with Crippen LogP contribution in [-0.4, -0.2) is 22.6 Å². The summed E-state index contributed by atoms with van der Waals surface area (Å²) in [5.41, 5.74) is 0.766. The largest absolute Gasteiger partial charge is 0.494 e. The van der Waals surface area contributed by atoms with Crippen molar-refractivity contribution in [1.82, 2.24) is 4.40 Å². The number of aromatic nitrogens is 1. The van der Waals surface area contributed by atoms with Crippen LogP contribution in [0.3, 0.4) is 0 Å². The number of nitrogens with zero attached hydrogens (tertiary/aromatic N) is 1. The Hall–Kier alpha value is -1.68. The lowest BCUT2D eigenvalue weighted by atomic mass is 10.2. The zero-order chi connectivity index (χ0) is 11.0. The molecule has 78 valence electrons. The zero-order valence-electron chi connectivity index (χ0n) is 7.90. The Kier molecular flexibility index (Phi) is 2.28. The molecule has 0 radical (unpaired) electrons. The highest BCUT2D eigenvalue weighted by atomic mass is 35.5. The van der Waals surface area contributed by atoms with Crippen LogP contribution in [0.15, 0.2) is 24.5 Å². The summed E-state index contributed by atoms with van der Waals surface area (Å²) in [6.45, 7) is 0. The minimum absolute atomic E-state index is 0.125. The molecule has 0 fully saturated rings. The van der Waals surface area contributed by atoms with Gasteiger partial charge in [-0.25, -0.2) is 4.79 Å². The van der Waals surface area contributed by atoms with Crippen molar-refractivity contribution >= 4 is 23.1 Å². The molecule has 0 aliphatic rings. The molecule has 2 aromatic rings. The van der Waals surface area contributed by atoms with E-state index in [1.807, 2.05) is 0 Å². The monoisotopic (exact) mass is 225 g/mol.